The Morgan fingerprint density at radius 1 is 1.17 bits per heavy atom. The maximum Gasteiger partial charge on any atom is 0.344 e. The predicted octanol–water partition coefficient (Wildman–Crippen LogP) is 3.07. The van der Waals surface area contributed by atoms with Crippen LogP contribution in [0.2, 0.25) is 0 Å². The van der Waals surface area contributed by atoms with Crippen molar-refractivity contribution in [2.45, 2.75) is 38.6 Å². The molecule has 0 heterocycles. The Bertz CT molecular complexity index is 532. The summed E-state index contributed by atoms with van der Waals surface area (Å²) in [5.74, 6) is 0.246. The molecule has 126 valence electrons. The molecular formula is C17H22BrNO4. The van der Waals surface area contributed by atoms with Crippen molar-refractivity contribution in [1.29, 1.82) is 0 Å². The van der Waals surface area contributed by atoms with E-state index in [9.17, 15) is 9.59 Å². The Kier molecular flexibility index (Phi) is 6.89. The molecule has 0 aromatic heterocycles. The highest BCUT2D eigenvalue weighted by Crippen LogP contribution is 2.23. The minimum Gasteiger partial charge on any atom is -0.482 e. The molecule has 23 heavy (non-hydrogen) atoms. The van der Waals surface area contributed by atoms with Gasteiger partial charge >= 0.3 is 5.97 Å². The normalized spacial score (nSPS) is 20.6. The zero-order valence-corrected chi connectivity index (χ0v) is 14.8. The van der Waals surface area contributed by atoms with Crippen molar-refractivity contribution >= 4 is 27.8 Å². The number of carbonyl (C=O) groups is 2. The first-order valence-corrected chi connectivity index (χ1v) is 8.67. The molecule has 2 atom stereocenters. The molecule has 1 saturated carbocycles. The van der Waals surface area contributed by atoms with Crippen LogP contribution in [0.1, 0.15) is 32.6 Å². The summed E-state index contributed by atoms with van der Waals surface area (Å²) < 4.78 is 11.2. The van der Waals surface area contributed by atoms with Crippen LogP contribution in [0.5, 0.6) is 5.75 Å². The summed E-state index contributed by atoms with van der Waals surface area (Å²) in [6, 6.07) is 7.32. The van der Waals surface area contributed by atoms with Gasteiger partial charge in [-0.15, -0.1) is 0 Å². The summed E-state index contributed by atoms with van der Waals surface area (Å²) in [5.41, 5.74) is 0. The van der Waals surface area contributed by atoms with Crippen LogP contribution in [0.25, 0.3) is 0 Å². The van der Waals surface area contributed by atoms with Crippen molar-refractivity contribution in [1.82, 2.24) is 5.32 Å². The van der Waals surface area contributed by atoms with E-state index in [1.54, 1.807) is 12.1 Å². The molecule has 1 N–H and O–H groups in total. The van der Waals surface area contributed by atoms with Gasteiger partial charge in [0.25, 0.3) is 5.91 Å². The van der Waals surface area contributed by atoms with Gasteiger partial charge in [0, 0.05) is 10.5 Å². The van der Waals surface area contributed by atoms with Crippen molar-refractivity contribution in [2.75, 3.05) is 13.2 Å². The first kappa shape index (κ1) is 17.8. The second-order valence-corrected chi connectivity index (χ2v) is 6.75. The lowest BCUT2D eigenvalue weighted by molar-refractivity contribution is -0.150. The number of rotatable bonds is 6. The largest absolute Gasteiger partial charge is 0.482 e. The fourth-order valence-corrected chi connectivity index (χ4v) is 2.90. The quantitative estimate of drug-likeness (QED) is 0.766. The number of hydrogen-bond acceptors (Lipinski definition) is 4. The molecule has 1 aliphatic carbocycles. The van der Waals surface area contributed by atoms with Gasteiger partial charge in [-0.3, -0.25) is 4.79 Å². The summed E-state index contributed by atoms with van der Waals surface area (Å²) in [5, 5.41) is 2.94. The smallest absolute Gasteiger partial charge is 0.344 e. The maximum absolute atomic E-state index is 11.8. The first-order valence-electron chi connectivity index (χ1n) is 7.88. The number of nitrogens with one attached hydrogen (secondary N) is 1. The average Bonchev–Trinajstić information content (AvgIpc) is 2.54. The van der Waals surface area contributed by atoms with E-state index in [2.05, 4.69) is 28.2 Å². The third-order valence-corrected chi connectivity index (χ3v) is 4.52. The van der Waals surface area contributed by atoms with E-state index in [0.717, 1.165) is 23.7 Å². The highest BCUT2D eigenvalue weighted by Gasteiger charge is 2.23. The predicted molar refractivity (Wildman–Crippen MR) is 90.2 cm³/mol. The number of halogens is 1. The van der Waals surface area contributed by atoms with Crippen LogP contribution >= 0.6 is 15.9 Å². The van der Waals surface area contributed by atoms with E-state index in [1.165, 1.54) is 6.42 Å². The summed E-state index contributed by atoms with van der Waals surface area (Å²) in [4.78, 5) is 23.4. The molecule has 1 aliphatic rings. The van der Waals surface area contributed by atoms with Crippen molar-refractivity contribution in [3.63, 3.8) is 0 Å². The van der Waals surface area contributed by atoms with Gasteiger partial charge in [0.05, 0.1) is 0 Å². The van der Waals surface area contributed by atoms with Crippen LogP contribution in [0.3, 0.4) is 0 Å². The molecule has 0 radical (unpaired) electrons. The molecule has 1 aromatic carbocycles. The maximum atomic E-state index is 11.8. The summed E-state index contributed by atoms with van der Waals surface area (Å²) >= 11 is 3.32. The fraction of sp³-hybridized carbons (Fsp3) is 0.529. The number of hydrogen-bond donors (Lipinski definition) is 1. The van der Waals surface area contributed by atoms with Crippen LogP contribution in [0.4, 0.5) is 0 Å². The van der Waals surface area contributed by atoms with E-state index in [-0.39, 0.29) is 25.2 Å². The third-order valence-electron chi connectivity index (χ3n) is 3.99. The molecule has 1 fully saturated rings. The van der Waals surface area contributed by atoms with E-state index in [4.69, 9.17) is 9.47 Å². The first-order chi connectivity index (χ1) is 11.0. The molecule has 0 aliphatic heterocycles. The minimum absolute atomic E-state index is 0.189. The van der Waals surface area contributed by atoms with Gasteiger partial charge in [-0.05, 0) is 43.0 Å². The lowest BCUT2D eigenvalue weighted by atomic mass is 9.86. The molecule has 0 spiro atoms. The van der Waals surface area contributed by atoms with Crippen LogP contribution in [-0.2, 0) is 14.3 Å². The Balaban J connectivity index is 1.65. The van der Waals surface area contributed by atoms with Crippen molar-refractivity contribution in [3.8, 4) is 5.75 Å². The zero-order chi connectivity index (χ0) is 16.7. The standard InChI is InChI=1S/C17H22BrNO4/c1-12-4-2-3-5-15(12)19-16(20)10-23-17(21)11-22-14-8-6-13(18)7-9-14/h6-9,12,15H,2-5,10-11H2,1H3,(H,19,20)/t12-,15+/m0/s1. The molecule has 1 amide bonds. The summed E-state index contributed by atoms with van der Waals surface area (Å²) in [6.07, 6.45) is 4.48. The van der Waals surface area contributed by atoms with Gasteiger partial charge < -0.3 is 14.8 Å². The highest BCUT2D eigenvalue weighted by molar-refractivity contribution is 9.10. The zero-order valence-electron chi connectivity index (χ0n) is 13.2. The van der Waals surface area contributed by atoms with Crippen molar-refractivity contribution in [3.05, 3.63) is 28.7 Å². The molecular weight excluding hydrogens is 362 g/mol. The van der Waals surface area contributed by atoms with Crippen LogP contribution < -0.4 is 10.1 Å². The molecule has 5 nitrogen and oxygen atoms in total. The van der Waals surface area contributed by atoms with E-state index in [1.807, 2.05) is 12.1 Å². The number of amides is 1. The molecule has 2 rings (SSSR count). The Morgan fingerprint density at radius 3 is 2.57 bits per heavy atom. The average molecular weight is 384 g/mol. The van der Waals surface area contributed by atoms with Gasteiger partial charge in [-0.2, -0.15) is 0 Å². The Morgan fingerprint density at radius 2 is 1.87 bits per heavy atom. The topological polar surface area (TPSA) is 64.6 Å². The SMILES string of the molecule is C[C@H]1CCCC[C@H]1NC(=O)COC(=O)COc1ccc(Br)cc1. The second kappa shape index (κ2) is 8.91. The van der Waals surface area contributed by atoms with Gasteiger partial charge in [-0.1, -0.05) is 35.7 Å². The van der Waals surface area contributed by atoms with Gasteiger partial charge in [0.1, 0.15) is 5.75 Å². The fourth-order valence-electron chi connectivity index (χ4n) is 2.64. The molecule has 0 unspecified atom stereocenters. The molecule has 6 heteroatoms. The summed E-state index contributed by atoms with van der Waals surface area (Å²) in [6.45, 7) is 1.67. The molecule has 0 bridgehead atoms. The summed E-state index contributed by atoms with van der Waals surface area (Å²) in [7, 11) is 0. The van der Waals surface area contributed by atoms with Gasteiger partial charge in [0.2, 0.25) is 0 Å². The van der Waals surface area contributed by atoms with Crippen LogP contribution in [-0.4, -0.2) is 31.1 Å². The lowest BCUT2D eigenvalue weighted by Gasteiger charge is -2.29. The Hall–Kier alpha value is -1.56. The lowest BCUT2D eigenvalue weighted by Crippen LogP contribution is -2.43. The molecule has 1 aromatic rings. The third kappa shape index (κ3) is 6.22. The monoisotopic (exact) mass is 383 g/mol. The number of esters is 1. The Labute approximate surface area is 144 Å². The van der Waals surface area contributed by atoms with Gasteiger partial charge in [-0.25, -0.2) is 4.79 Å². The van der Waals surface area contributed by atoms with Gasteiger partial charge in [0.15, 0.2) is 13.2 Å². The second-order valence-electron chi connectivity index (χ2n) is 5.84. The van der Waals surface area contributed by atoms with Crippen LogP contribution in [0.15, 0.2) is 28.7 Å². The number of benzene rings is 1. The molecule has 0 saturated heterocycles. The highest BCUT2D eigenvalue weighted by atomic mass is 79.9. The van der Waals surface area contributed by atoms with Crippen molar-refractivity contribution < 1.29 is 19.1 Å². The number of ether oxygens (including phenoxy) is 2. The van der Waals surface area contributed by atoms with E-state index in [0.29, 0.717) is 11.7 Å². The van der Waals surface area contributed by atoms with E-state index >= 15 is 0 Å². The van der Waals surface area contributed by atoms with Crippen LogP contribution in [0, 0.1) is 5.92 Å². The number of carbonyl (C=O) groups excluding carboxylic acids is 2. The van der Waals surface area contributed by atoms with Crippen molar-refractivity contribution in [2.24, 2.45) is 5.92 Å². The minimum atomic E-state index is -0.556. The van der Waals surface area contributed by atoms with E-state index < -0.39 is 5.97 Å².